The number of pyridine rings is 1. The molecule has 0 radical (unpaired) electrons. The lowest BCUT2D eigenvalue weighted by Crippen LogP contribution is -2.45. The number of halogens is 4. The fraction of sp³-hybridized carbons (Fsp3) is 0.350. The van der Waals surface area contributed by atoms with Gasteiger partial charge in [0.25, 0.3) is 0 Å². The van der Waals surface area contributed by atoms with Crippen molar-refractivity contribution in [3.8, 4) is 11.3 Å². The summed E-state index contributed by atoms with van der Waals surface area (Å²) >= 11 is 3.11. The largest absolute Gasteiger partial charge is 0.394 e. The van der Waals surface area contributed by atoms with Crippen molar-refractivity contribution in [2.45, 2.75) is 42.1 Å². The van der Waals surface area contributed by atoms with Crippen molar-refractivity contribution < 1.29 is 41.6 Å². The molecule has 0 fully saturated rings. The minimum Gasteiger partial charge on any atom is -0.394 e. The Labute approximate surface area is 206 Å². The van der Waals surface area contributed by atoms with Crippen LogP contribution >= 0.6 is 15.9 Å². The molecule has 0 saturated heterocycles. The number of ether oxygens (including phenoxy) is 1. The van der Waals surface area contributed by atoms with Crippen LogP contribution in [0.3, 0.4) is 0 Å². The molecule has 4 atom stereocenters. The molecule has 0 aliphatic heterocycles. The lowest BCUT2D eigenvalue weighted by atomic mass is 10.1. The van der Waals surface area contributed by atoms with Crippen LogP contribution in [0.5, 0.6) is 0 Å². The summed E-state index contributed by atoms with van der Waals surface area (Å²) in [5.74, 6) is -4.53. The Morgan fingerprint density at radius 3 is 2.37 bits per heavy atom. The Morgan fingerprint density at radius 2 is 1.80 bits per heavy atom. The maximum atomic E-state index is 13.5. The van der Waals surface area contributed by atoms with Gasteiger partial charge in [0, 0.05) is 22.4 Å². The number of rotatable bonds is 10. The summed E-state index contributed by atoms with van der Waals surface area (Å²) in [6, 6.07) is 2.63. The van der Waals surface area contributed by atoms with Crippen molar-refractivity contribution in [2.75, 3.05) is 6.61 Å². The number of aliphatic hydroxyl groups excluding tert-OH is 3. The number of hydrogen-bond acceptors (Lipinski definition) is 9. The molecular formula is C20H20BrF3N4O6S. The minimum absolute atomic E-state index is 0.0799. The second-order valence-electron chi connectivity index (χ2n) is 7.50. The first-order valence-electron chi connectivity index (χ1n) is 9.96. The van der Waals surface area contributed by atoms with Crippen molar-refractivity contribution in [2.24, 2.45) is 0 Å². The Hall–Kier alpha value is -2.43. The summed E-state index contributed by atoms with van der Waals surface area (Å²) in [5, 5.41) is 37.5. The van der Waals surface area contributed by atoms with Crippen molar-refractivity contribution >= 4 is 25.8 Å². The van der Waals surface area contributed by atoms with E-state index in [1.165, 1.54) is 19.2 Å². The fourth-order valence-corrected chi connectivity index (χ4v) is 5.11. The lowest BCUT2D eigenvalue weighted by Gasteiger charge is -2.28. The van der Waals surface area contributed by atoms with Crippen LogP contribution in [0.15, 0.2) is 46.2 Å². The molecule has 3 aromatic rings. The number of aliphatic hydroxyl groups is 3. The standard InChI is InChI=1S/C20H20BrF3N4O6S/c1-10(30)18(9-29)34-20(35(32,33)13-4-12(21)5-25-6-13)17(31)8-28-7-16(26-27-28)11-2-14(22)19(24)15(23)3-11/h2-7,10,17-18,20,29-31H,8-9H2,1H3/t10-,17+,18?,20?/m1/s1. The minimum atomic E-state index is -4.43. The van der Waals surface area contributed by atoms with Crippen LogP contribution in [0.4, 0.5) is 13.2 Å². The number of hydrogen-bond donors (Lipinski definition) is 3. The third kappa shape index (κ3) is 6.23. The van der Waals surface area contributed by atoms with E-state index in [0.717, 1.165) is 17.1 Å². The predicted octanol–water partition coefficient (Wildman–Crippen LogP) is 1.44. The molecule has 0 saturated carbocycles. The van der Waals surface area contributed by atoms with Crippen molar-refractivity contribution in [3.05, 3.63) is 58.7 Å². The topological polar surface area (TPSA) is 148 Å². The van der Waals surface area contributed by atoms with Crippen molar-refractivity contribution in [3.63, 3.8) is 0 Å². The SMILES string of the molecule is C[C@@H](O)C(CO)OC([C@@H](O)Cn1cc(-c2cc(F)c(F)c(F)c2)nn1)S(=O)(=O)c1cncc(Br)c1. The van der Waals surface area contributed by atoms with Gasteiger partial charge in [-0.25, -0.2) is 26.3 Å². The van der Waals surface area contributed by atoms with E-state index in [1.807, 2.05) is 0 Å². The molecule has 0 amide bonds. The van der Waals surface area contributed by atoms with Crippen molar-refractivity contribution in [1.29, 1.82) is 0 Å². The molecule has 15 heteroatoms. The summed E-state index contributed by atoms with van der Waals surface area (Å²) < 4.78 is 73.5. The van der Waals surface area contributed by atoms with Gasteiger partial charge < -0.3 is 20.1 Å². The Morgan fingerprint density at radius 1 is 1.14 bits per heavy atom. The molecule has 2 aromatic heterocycles. The maximum absolute atomic E-state index is 13.5. The van der Waals surface area contributed by atoms with E-state index in [4.69, 9.17) is 4.74 Å². The van der Waals surface area contributed by atoms with E-state index in [9.17, 15) is 36.9 Å². The first kappa shape index (κ1) is 27.2. The van der Waals surface area contributed by atoms with Crippen LogP contribution in [0, 0.1) is 17.5 Å². The summed E-state index contributed by atoms with van der Waals surface area (Å²) in [4.78, 5) is 3.48. The van der Waals surface area contributed by atoms with Crippen LogP contribution in [0.1, 0.15) is 6.92 Å². The molecule has 0 aliphatic carbocycles. The van der Waals surface area contributed by atoms with Gasteiger partial charge >= 0.3 is 0 Å². The summed E-state index contributed by atoms with van der Waals surface area (Å²) in [6.45, 7) is -0.00693. The highest BCUT2D eigenvalue weighted by Crippen LogP contribution is 2.25. The van der Waals surface area contributed by atoms with Crippen LogP contribution in [0.2, 0.25) is 0 Å². The lowest BCUT2D eigenvalue weighted by molar-refractivity contribution is -0.100. The Bertz CT molecular complexity index is 1270. The second kappa shape index (κ2) is 11.1. The highest BCUT2D eigenvalue weighted by atomic mass is 79.9. The summed E-state index contributed by atoms with van der Waals surface area (Å²) in [7, 11) is -4.43. The van der Waals surface area contributed by atoms with E-state index < -0.39 is 64.2 Å². The zero-order valence-corrected chi connectivity index (χ0v) is 20.4. The van der Waals surface area contributed by atoms with E-state index >= 15 is 0 Å². The summed E-state index contributed by atoms with van der Waals surface area (Å²) in [5.41, 5.74) is -2.21. The fourth-order valence-electron chi connectivity index (χ4n) is 3.04. The molecule has 2 heterocycles. The molecule has 35 heavy (non-hydrogen) atoms. The Balaban J connectivity index is 1.92. The smallest absolute Gasteiger partial charge is 0.209 e. The van der Waals surface area contributed by atoms with Gasteiger partial charge in [0.15, 0.2) is 22.9 Å². The maximum Gasteiger partial charge on any atom is 0.209 e. The molecule has 0 spiro atoms. The number of benzene rings is 1. The quantitative estimate of drug-likeness (QED) is 0.303. The first-order chi connectivity index (χ1) is 16.4. The zero-order chi connectivity index (χ0) is 25.9. The third-order valence-electron chi connectivity index (χ3n) is 4.85. The van der Waals surface area contributed by atoms with Crippen molar-refractivity contribution in [1.82, 2.24) is 20.0 Å². The highest BCUT2D eigenvalue weighted by Gasteiger charge is 2.38. The average Bonchev–Trinajstić information content (AvgIpc) is 3.25. The van der Waals surface area contributed by atoms with E-state index in [-0.39, 0.29) is 16.2 Å². The van der Waals surface area contributed by atoms with Crippen LogP contribution in [-0.4, -0.2) is 74.1 Å². The first-order valence-corrected chi connectivity index (χ1v) is 12.3. The number of aromatic nitrogens is 4. The molecule has 0 bridgehead atoms. The zero-order valence-electron chi connectivity index (χ0n) is 18.0. The van der Waals surface area contributed by atoms with Crippen LogP contribution in [-0.2, 0) is 21.1 Å². The molecule has 1 aromatic carbocycles. The molecule has 3 rings (SSSR count). The van der Waals surface area contributed by atoms with Gasteiger partial charge in [0.05, 0.1) is 30.3 Å². The van der Waals surface area contributed by atoms with Gasteiger partial charge in [-0.3, -0.25) is 4.98 Å². The highest BCUT2D eigenvalue weighted by molar-refractivity contribution is 9.10. The second-order valence-corrected chi connectivity index (χ2v) is 10.4. The monoisotopic (exact) mass is 580 g/mol. The van der Waals surface area contributed by atoms with Gasteiger partial charge in [-0.1, -0.05) is 5.21 Å². The normalized spacial score (nSPS) is 15.5. The molecule has 10 nitrogen and oxygen atoms in total. The van der Waals surface area contributed by atoms with Gasteiger partial charge in [0.2, 0.25) is 9.84 Å². The molecule has 3 N–H and O–H groups in total. The summed E-state index contributed by atoms with van der Waals surface area (Å²) in [6.07, 6.45) is -0.936. The van der Waals surface area contributed by atoms with E-state index in [1.54, 1.807) is 0 Å². The molecule has 190 valence electrons. The van der Waals surface area contributed by atoms with Crippen LogP contribution < -0.4 is 0 Å². The van der Waals surface area contributed by atoms with Gasteiger partial charge in [-0.15, -0.1) is 5.10 Å². The van der Waals surface area contributed by atoms with E-state index in [2.05, 4.69) is 31.2 Å². The van der Waals surface area contributed by atoms with Gasteiger partial charge in [0.1, 0.15) is 17.9 Å². The average molecular weight is 581 g/mol. The van der Waals surface area contributed by atoms with E-state index in [0.29, 0.717) is 16.6 Å². The van der Waals surface area contributed by atoms with Gasteiger partial charge in [-0.05, 0) is 41.1 Å². The van der Waals surface area contributed by atoms with Gasteiger partial charge in [-0.2, -0.15) is 0 Å². The number of nitrogens with zero attached hydrogens (tertiary/aromatic N) is 4. The Kier molecular flexibility index (Phi) is 8.61. The molecule has 2 unspecified atom stereocenters. The van der Waals surface area contributed by atoms with Crippen LogP contribution in [0.25, 0.3) is 11.3 Å². The third-order valence-corrected chi connectivity index (χ3v) is 7.20. The molecule has 0 aliphatic rings. The molecular weight excluding hydrogens is 561 g/mol. The number of sulfone groups is 1. The predicted molar refractivity (Wildman–Crippen MR) is 118 cm³/mol.